The van der Waals surface area contributed by atoms with Crippen molar-refractivity contribution in [2.24, 2.45) is 33.6 Å². The maximum absolute atomic E-state index is 12.5. The van der Waals surface area contributed by atoms with Gasteiger partial charge in [-0.1, -0.05) is 26.2 Å². The van der Waals surface area contributed by atoms with Crippen molar-refractivity contribution in [2.45, 2.75) is 120 Å². The Bertz CT molecular complexity index is 926. The van der Waals surface area contributed by atoms with E-state index in [0.717, 1.165) is 56.9 Å². The van der Waals surface area contributed by atoms with Crippen molar-refractivity contribution in [1.29, 1.82) is 0 Å². The summed E-state index contributed by atoms with van der Waals surface area (Å²) in [5.74, 6) is 0.168. The highest BCUT2D eigenvalue weighted by molar-refractivity contribution is 5.85. The second kappa shape index (κ2) is 8.39. The Morgan fingerprint density at radius 3 is 2.49 bits per heavy atom. The molecule has 194 valence electrons. The van der Waals surface area contributed by atoms with Gasteiger partial charge < -0.3 is 20.1 Å². The van der Waals surface area contributed by atoms with Gasteiger partial charge in [-0.15, -0.1) is 0 Å². The maximum atomic E-state index is 12.5. The molecule has 0 bridgehead atoms. The lowest BCUT2D eigenvalue weighted by atomic mass is 9.41. The van der Waals surface area contributed by atoms with Crippen LogP contribution < -0.4 is 0 Å². The first kappa shape index (κ1) is 24.1. The van der Waals surface area contributed by atoms with Gasteiger partial charge in [-0.2, -0.15) is 0 Å². The van der Waals surface area contributed by atoms with Crippen LogP contribution in [0, 0.1) is 28.6 Å². The van der Waals surface area contributed by atoms with E-state index in [-0.39, 0.29) is 29.1 Å². The number of aliphatic imine (C=N–C) groups is 1. The van der Waals surface area contributed by atoms with E-state index in [4.69, 9.17) is 9.73 Å². The molecule has 35 heavy (non-hydrogen) atoms. The number of fused-ring (bicyclic) bond motifs is 5. The lowest BCUT2D eigenvalue weighted by molar-refractivity contribution is -0.237. The van der Waals surface area contributed by atoms with E-state index >= 15 is 0 Å². The highest BCUT2D eigenvalue weighted by atomic mass is 16.5. The zero-order valence-corrected chi connectivity index (χ0v) is 21.3. The molecule has 0 saturated heterocycles. The number of aliphatic hydroxyl groups excluding tert-OH is 1. The fraction of sp³-hybridized carbons (Fsp3) is 0.862. The largest absolute Gasteiger partial charge is 0.458 e. The van der Waals surface area contributed by atoms with Crippen LogP contribution >= 0.6 is 0 Å². The summed E-state index contributed by atoms with van der Waals surface area (Å²) >= 11 is 0. The molecule has 0 aromatic heterocycles. The van der Waals surface area contributed by atoms with Gasteiger partial charge in [0, 0.05) is 35.6 Å². The molecule has 0 radical (unpaired) electrons. The van der Waals surface area contributed by atoms with E-state index in [1.54, 1.807) is 6.08 Å². The molecule has 5 unspecified atom stereocenters. The first-order chi connectivity index (χ1) is 16.7. The quantitative estimate of drug-likeness (QED) is 0.413. The van der Waals surface area contributed by atoms with Crippen LogP contribution in [0.4, 0.5) is 0 Å². The van der Waals surface area contributed by atoms with Crippen LogP contribution in [0.2, 0.25) is 0 Å². The van der Waals surface area contributed by atoms with Gasteiger partial charge in [0.2, 0.25) is 0 Å². The van der Waals surface area contributed by atoms with Crippen LogP contribution in [0.15, 0.2) is 16.6 Å². The number of carbonyl (C=O) groups excluding carboxylic acids is 1. The molecule has 8 atom stereocenters. The lowest BCUT2D eigenvalue weighted by Crippen LogP contribution is -2.68. The summed E-state index contributed by atoms with van der Waals surface area (Å²) in [5.41, 5.74) is -1.50. The number of hydrogen-bond acceptors (Lipinski definition) is 6. The zero-order chi connectivity index (χ0) is 24.5. The molecule has 1 heterocycles. The first-order valence-electron chi connectivity index (χ1n) is 14.3. The van der Waals surface area contributed by atoms with E-state index in [2.05, 4.69) is 13.1 Å². The number of cyclic esters (lactones) is 1. The summed E-state index contributed by atoms with van der Waals surface area (Å²) in [6.07, 6.45) is 16.0. The van der Waals surface area contributed by atoms with Crippen molar-refractivity contribution >= 4 is 12.2 Å². The van der Waals surface area contributed by atoms with Crippen molar-refractivity contribution in [1.82, 2.24) is 0 Å². The highest BCUT2D eigenvalue weighted by Crippen LogP contribution is 2.70. The number of hydrogen-bond donors (Lipinski definition) is 3. The molecular formula is C29H43NO5. The molecule has 6 nitrogen and oxygen atoms in total. The van der Waals surface area contributed by atoms with Crippen molar-refractivity contribution in [3.05, 3.63) is 11.6 Å². The lowest BCUT2D eigenvalue weighted by Gasteiger charge is -2.65. The van der Waals surface area contributed by atoms with Crippen LogP contribution in [0.25, 0.3) is 0 Å². The van der Waals surface area contributed by atoms with Crippen molar-refractivity contribution in [3.63, 3.8) is 0 Å². The van der Waals surface area contributed by atoms with Crippen molar-refractivity contribution < 1.29 is 24.9 Å². The van der Waals surface area contributed by atoms with Gasteiger partial charge in [0.05, 0.1) is 17.3 Å². The average molecular weight is 486 g/mol. The molecule has 6 aliphatic rings. The Hall–Kier alpha value is -1.24. The molecule has 0 aromatic carbocycles. The fourth-order valence-corrected chi connectivity index (χ4v) is 9.83. The third-order valence-electron chi connectivity index (χ3n) is 11.7. The van der Waals surface area contributed by atoms with Crippen LogP contribution in [-0.2, 0) is 9.53 Å². The summed E-state index contributed by atoms with van der Waals surface area (Å²) in [6, 6.07) is 0.342. The third-order valence-corrected chi connectivity index (χ3v) is 11.7. The molecule has 0 spiro atoms. The van der Waals surface area contributed by atoms with Gasteiger partial charge >= 0.3 is 5.97 Å². The Morgan fingerprint density at radius 2 is 1.74 bits per heavy atom. The Kier molecular flexibility index (Phi) is 5.78. The monoisotopic (exact) mass is 485 g/mol. The second-order valence-corrected chi connectivity index (χ2v) is 13.1. The minimum Gasteiger partial charge on any atom is -0.458 e. The predicted molar refractivity (Wildman–Crippen MR) is 133 cm³/mol. The molecule has 0 aromatic rings. The Labute approximate surface area is 209 Å². The van der Waals surface area contributed by atoms with Crippen LogP contribution in [-0.4, -0.2) is 57.5 Å². The molecule has 0 amide bonds. The molecule has 5 fully saturated rings. The standard InChI is InChI=1S/C29H43NO5/c1-26-11-8-23-24(29(26,34)14-10-22(26)19-15-25(32)35-17-19)9-13-28(33)16-21(31)7-12-27(23,28)18-30-20-5-3-2-4-6-20/h15,18,20-24,31,33-34H,2-14,16-17H2,1H3/t21-,22?,23+,24-,26?,27?,28?,29?/m1/s1. The highest BCUT2D eigenvalue weighted by Gasteiger charge is 2.71. The average Bonchev–Trinajstić information content (AvgIpc) is 3.38. The minimum atomic E-state index is -0.958. The van der Waals surface area contributed by atoms with Crippen LogP contribution in [0.3, 0.4) is 0 Å². The van der Waals surface area contributed by atoms with Crippen LogP contribution in [0.5, 0.6) is 0 Å². The van der Waals surface area contributed by atoms with Gasteiger partial charge in [0.1, 0.15) is 6.61 Å². The van der Waals surface area contributed by atoms with E-state index in [0.29, 0.717) is 31.9 Å². The number of nitrogens with zero attached hydrogens (tertiary/aromatic N) is 1. The first-order valence-corrected chi connectivity index (χ1v) is 14.3. The maximum Gasteiger partial charge on any atom is 0.331 e. The summed E-state index contributed by atoms with van der Waals surface area (Å²) in [5, 5.41) is 35.2. The van der Waals surface area contributed by atoms with Gasteiger partial charge in [-0.3, -0.25) is 4.99 Å². The van der Waals surface area contributed by atoms with Crippen molar-refractivity contribution in [3.8, 4) is 0 Å². The predicted octanol–water partition coefficient (Wildman–Crippen LogP) is 4.10. The van der Waals surface area contributed by atoms with E-state index < -0.39 is 22.7 Å². The molecule has 6 rings (SSSR count). The zero-order valence-electron chi connectivity index (χ0n) is 21.3. The van der Waals surface area contributed by atoms with E-state index in [1.165, 1.54) is 19.3 Å². The normalized spacial score (nSPS) is 50.4. The Balaban J connectivity index is 1.36. The second-order valence-electron chi connectivity index (χ2n) is 13.1. The molecule has 5 saturated carbocycles. The Morgan fingerprint density at radius 1 is 0.971 bits per heavy atom. The summed E-state index contributed by atoms with van der Waals surface area (Å²) in [7, 11) is 0. The van der Waals surface area contributed by atoms with Gasteiger partial charge in [0.25, 0.3) is 0 Å². The number of aliphatic hydroxyl groups is 3. The number of carbonyl (C=O) groups is 1. The number of rotatable bonds is 3. The summed E-state index contributed by atoms with van der Waals surface area (Å²) in [4.78, 5) is 17.0. The third kappa shape index (κ3) is 3.45. The summed E-state index contributed by atoms with van der Waals surface area (Å²) in [6.45, 7) is 2.59. The van der Waals surface area contributed by atoms with Gasteiger partial charge in [-0.05, 0) is 87.5 Å². The molecular weight excluding hydrogens is 442 g/mol. The molecule has 6 heteroatoms. The number of ether oxygens (including phenoxy) is 1. The van der Waals surface area contributed by atoms with Crippen LogP contribution in [0.1, 0.15) is 96.8 Å². The molecule has 1 aliphatic heterocycles. The molecule has 3 N–H and O–H groups in total. The van der Waals surface area contributed by atoms with E-state index in [9.17, 15) is 20.1 Å². The number of esters is 1. The summed E-state index contributed by atoms with van der Waals surface area (Å²) < 4.78 is 5.25. The van der Waals surface area contributed by atoms with Crippen molar-refractivity contribution in [2.75, 3.05) is 6.61 Å². The molecule has 5 aliphatic carbocycles. The topological polar surface area (TPSA) is 99.4 Å². The van der Waals surface area contributed by atoms with Gasteiger partial charge in [-0.25, -0.2) is 4.79 Å². The van der Waals surface area contributed by atoms with Gasteiger partial charge in [0.15, 0.2) is 0 Å². The minimum absolute atomic E-state index is 0.0956. The van der Waals surface area contributed by atoms with E-state index in [1.807, 2.05) is 0 Å². The smallest absolute Gasteiger partial charge is 0.331 e. The SMILES string of the molecule is CC12CC[C@H]3[C@@H](CCC4(O)C[C@H](O)CCC34C=NC3CCCCC3)C1(O)CCC2C1=CC(=O)OC1. The fourth-order valence-electron chi connectivity index (χ4n) is 9.83.